The predicted octanol–water partition coefficient (Wildman–Crippen LogP) is 2.45. The summed E-state index contributed by atoms with van der Waals surface area (Å²) in [4.78, 5) is 3.10. The molecular weight excluding hydrogens is 220 g/mol. The molecule has 0 saturated carbocycles. The summed E-state index contributed by atoms with van der Waals surface area (Å²) in [6.45, 7) is 5.11. The van der Waals surface area contributed by atoms with Gasteiger partial charge in [0, 0.05) is 30.7 Å². The summed E-state index contributed by atoms with van der Waals surface area (Å²) in [7, 11) is 1.92. The average molecular weight is 236 g/mol. The SMILES string of the molecule is CC(C)c1c[nH]c(=S)n1Cc1cnn(C)c1. The summed E-state index contributed by atoms with van der Waals surface area (Å²) in [5.41, 5.74) is 2.40. The molecule has 0 fully saturated rings. The highest BCUT2D eigenvalue weighted by molar-refractivity contribution is 7.71. The fourth-order valence-corrected chi connectivity index (χ4v) is 2.02. The van der Waals surface area contributed by atoms with Crippen molar-refractivity contribution in [2.45, 2.75) is 26.3 Å². The maximum Gasteiger partial charge on any atom is 0.177 e. The molecule has 2 rings (SSSR count). The lowest BCUT2D eigenvalue weighted by atomic mass is 10.1. The topological polar surface area (TPSA) is 38.5 Å². The van der Waals surface area contributed by atoms with Crippen molar-refractivity contribution in [3.63, 3.8) is 0 Å². The number of H-pyrrole nitrogens is 1. The van der Waals surface area contributed by atoms with Crippen LogP contribution in [0.5, 0.6) is 0 Å². The van der Waals surface area contributed by atoms with Crippen molar-refractivity contribution in [1.82, 2.24) is 19.3 Å². The van der Waals surface area contributed by atoms with Crippen molar-refractivity contribution >= 4 is 12.2 Å². The Hall–Kier alpha value is -1.36. The molecule has 5 heteroatoms. The van der Waals surface area contributed by atoms with Gasteiger partial charge in [0.05, 0.1) is 12.7 Å². The molecule has 0 radical (unpaired) electrons. The molecule has 0 spiro atoms. The van der Waals surface area contributed by atoms with E-state index in [1.54, 1.807) is 4.68 Å². The van der Waals surface area contributed by atoms with Crippen LogP contribution in [0.3, 0.4) is 0 Å². The van der Waals surface area contributed by atoms with Gasteiger partial charge in [-0.15, -0.1) is 0 Å². The molecule has 0 saturated heterocycles. The molecule has 0 atom stereocenters. The molecular formula is C11H16N4S. The molecule has 1 N–H and O–H groups in total. The second-order valence-electron chi connectivity index (χ2n) is 4.28. The van der Waals surface area contributed by atoms with E-state index in [0.717, 1.165) is 11.3 Å². The zero-order valence-corrected chi connectivity index (χ0v) is 10.6. The molecule has 0 aliphatic heterocycles. The minimum Gasteiger partial charge on any atom is -0.337 e. The van der Waals surface area contributed by atoms with E-state index in [-0.39, 0.29) is 0 Å². The van der Waals surface area contributed by atoms with Crippen molar-refractivity contribution < 1.29 is 0 Å². The van der Waals surface area contributed by atoms with E-state index in [2.05, 4.69) is 28.5 Å². The molecule has 0 bridgehead atoms. The van der Waals surface area contributed by atoms with Gasteiger partial charge < -0.3 is 9.55 Å². The summed E-state index contributed by atoms with van der Waals surface area (Å²) in [6, 6.07) is 0. The molecule has 0 aliphatic rings. The number of nitrogens with one attached hydrogen (secondary N) is 1. The zero-order valence-electron chi connectivity index (χ0n) is 9.77. The van der Waals surface area contributed by atoms with Crippen LogP contribution in [0.1, 0.15) is 31.0 Å². The number of hydrogen-bond acceptors (Lipinski definition) is 2. The van der Waals surface area contributed by atoms with Crippen LogP contribution >= 0.6 is 12.2 Å². The van der Waals surface area contributed by atoms with Crippen LogP contribution < -0.4 is 0 Å². The first kappa shape index (κ1) is 11.1. The van der Waals surface area contributed by atoms with Crippen molar-refractivity contribution in [2.24, 2.45) is 7.05 Å². The third-order valence-electron chi connectivity index (χ3n) is 2.59. The highest BCUT2D eigenvalue weighted by atomic mass is 32.1. The highest BCUT2D eigenvalue weighted by Crippen LogP contribution is 2.16. The Balaban J connectivity index is 2.33. The maximum atomic E-state index is 5.28. The molecule has 16 heavy (non-hydrogen) atoms. The lowest BCUT2D eigenvalue weighted by Crippen LogP contribution is -2.05. The number of rotatable bonds is 3. The molecule has 2 aromatic rings. The maximum absolute atomic E-state index is 5.28. The Morgan fingerprint density at radius 3 is 2.81 bits per heavy atom. The van der Waals surface area contributed by atoms with E-state index in [4.69, 9.17) is 12.2 Å². The smallest absolute Gasteiger partial charge is 0.177 e. The van der Waals surface area contributed by atoms with Gasteiger partial charge >= 0.3 is 0 Å². The van der Waals surface area contributed by atoms with Gasteiger partial charge in [0.2, 0.25) is 0 Å². The molecule has 2 aromatic heterocycles. The number of imidazole rings is 1. The fourth-order valence-electron chi connectivity index (χ4n) is 1.79. The van der Waals surface area contributed by atoms with Gasteiger partial charge in [0.15, 0.2) is 4.77 Å². The van der Waals surface area contributed by atoms with Crippen LogP contribution in [0.25, 0.3) is 0 Å². The van der Waals surface area contributed by atoms with Crippen molar-refractivity contribution in [3.8, 4) is 0 Å². The van der Waals surface area contributed by atoms with Gasteiger partial charge in [-0.3, -0.25) is 4.68 Å². The third-order valence-corrected chi connectivity index (χ3v) is 2.93. The van der Waals surface area contributed by atoms with Crippen molar-refractivity contribution in [3.05, 3.63) is 34.6 Å². The van der Waals surface area contributed by atoms with Gasteiger partial charge in [-0.2, -0.15) is 5.10 Å². The van der Waals surface area contributed by atoms with Crippen molar-refractivity contribution in [1.29, 1.82) is 0 Å². The summed E-state index contributed by atoms with van der Waals surface area (Å²) < 4.78 is 4.70. The monoisotopic (exact) mass is 236 g/mol. The molecule has 0 amide bonds. The van der Waals surface area contributed by atoms with Gasteiger partial charge in [0.1, 0.15) is 0 Å². The van der Waals surface area contributed by atoms with E-state index < -0.39 is 0 Å². The standard InChI is InChI=1S/C11H16N4S/c1-8(2)10-5-12-11(16)15(10)7-9-4-13-14(3)6-9/h4-6,8H,7H2,1-3H3,(H,12,16). The van der Waals surface area contributed by atoms with E-state index in [0.29, 0.717) is 5.92 Å². The van der Waals surface area contributed by atoms with Crippen LogP contribution in [0.15, 0.2) is 18.6 Å². The highest BCUT2D eigenvalue weighted by Gasteiger charge is 2.08. The van der Waals surface area contributed by atoms with E-state index in [1.165, 1.54) is 11.3 Å². The van der Waals surface area contributed by atoms with E-state index in [1.807, 2.05) is 25.6 Å². The largest absolute Gasteiger partial charge is 0.337 e. The molecule has 86 valence electrons. The second kappa shape index (κ2) is 4.25. The van der Waals surface area contributed by atoms with Crippen molar-refractivity contribution in [2.75, 3.05) is 0 Å². The summed E-state index contributed by atoms with van der Waals surface area (Å²) in [5.74, 6) is 0.463. The molecule has 0 unspecified atom stereocenters. The molecule has 0 aromatic carbocycles. The van der Waals surface area contributed by atoms with Gasteiger partial charge in [-0.1, -0.05) is 13.8 Å². The summed E-state index contributed by atoms with van der Waals surface area (Å²) >= 11 is 5.28. The number of nitrogens with zero attached hydrogens (tertiary/aromatic N) is 3. The van der Waals surface area contributed by atoms with Gasteiger partial charge in [-0.25, -0.2) is 0 Å². The van der Waals surface area contributed by atoms with Gasteiger partial charge in [0.25, 0.3) is 0 Å². The fraction of sp³-hybridized carbons (Fsp3) is 0.455. The first-order chi connectivity index (χ1) is 7.58. The second-order valence-corrected chi connectivity index (χ2v) is 4.67. The normalized spacial score (nSPS) is 11.2. The lowest BCUT2D eigenvalue weighted by Gasteiger charge is -2.09. The number of hydrogen-bond donors (Lipinski definition) is 1. The minimum absolute atomic E-state index is 0.463. The van der Waals surface area contributed by atoms with Crippen LogP contribution in [-0.4, -0.2) is 19.3 Å². The Kier molecular flexibility index (Phi) is 2.96. The third kappa shape index (κ3) is 2.09. The van der Waals surface area contributed by atoms with Crippen LogP contribution in [-0.2, 0) is 13.6 Å². The van der Waals surface area contributed by atoms with Gasteiger partial charge in [-0.05, 0) is 18.1 Å². The summed E-state index contributed by atoms with van der Waals surface area (Å²) in [6.07, 6.45) is 5.88. The lowest BCUT2D eigenvalue weighted by molar-refractivity contribution is 0.683. The Morgan fingerprint density at radius 2 is 2.25 bits per heavy atom. The van der Waals surface area contributed by atoms with Crippen LogP contribution in [0.4, 0.5) is 0 Å². The van der Waals surface area contributed by atoms with E-state index >= 15 is 0 Å². The number of aromatic amines is 1. The Bertz CT molecular complexity index is 532. The average Bonchev–Trinajstić information content (AvgIpc) is 2.76. The zero-order chi connectivity index (χ0) is 11.7. The predicted molar refractivity (Wildman–Crippen MR) is 66.0 cm³/mol. The van der Waals surface area contributed by atoms with Crippen LogP contribution in [0.2, 0.25) is 0 Å². The minimum atomic E-state index is 0.463. The Morgan fingerprint density at radius 1 is 1.50 bits per heavy atom. The first-order valence-electron chi connectivity index (χ1n) is 5.33. The molecule has 2 heterocycles. The summed E-state index contributed by atoms with van der Waals surface area (Å²) in [5, 5.41) is 4.16. The number of aromatic nitrogens is 4. The molecule has 4 nitrogen and oxygen atoms in total. The quantitative estimate of drug-likeness (QED) is 0.831. The number of aryl methyl sites for hydroxylation is 1. The van der Waals surface area contributed by atoms with Crippen LogP contribution in [0, 0.1) is 4.77 Å². The van der Waals surface area contributed by atoms with E-state index in [9.17, 15) is 0 Å². The molecule has 0 aliphatic carbocycles. The first-order valence-corrected chi connectivity index (χ1v) is 5.74. The Labute approximate surface area is 99.9 Å².